The molecule has 4 unspecified atom stereocenters. The Morgan fingerprint density at radius 2 is 2.04 bits per heavy atom. The molecule has 1 saturated heterocycles. The Hall–Kier alpha value is -2.02. The van der Waals surface area contributed by atoms with Gasteiger partial charge in [-0.15, -0.1) is 0 Å². The van der Waals surface area contributed by atoms with E-state index in [4.69, 9.17) is 11.6 Å². The number of aliphatic hydroxyl groups is 1. The van der Waals surface area contributed by atoms with Gasteiger partial charge in [-0.1, -0.05) is 0 Å². The standard InChI is InChI=1S/C13H20N4O7S/c1-5(18)9-8-2-6(10(13(21)22)17(8)12(9)20)3-25(23,24)4-7(14)11(19)16-15/h5,7-9,18H,2-4,14-15H2,1H3,(H,16,19)(H,21,22). The van der Waals surface area contributed by atoms with Gasteiger partial charge in [0.15, 0.2) is 9.84 Å². The second-order valence-electron chi connectivity index (χ2n) is 6.17. The molecule has 25 heavy (non-hydrogen) atoms. The molecule has 4 atom stereocenters. The Balaban J connectivity index is 2.22. The average Bonchev–Trinajstić information content (AvgIpc) is 2.78. The number of aliphatic carboxylic acids is 1. The number of carboxylic acids is 1. The van der Waals surface area contributed by atoms with Gasteiger partial charge in [0.2, 0.25) is 5.91 Å². The van der Waals surface area contributed by atoms with Crippen molar-refractivity contribution in [2.45, 2.75) is 31.5 Å². The number of carboxylic acid groups (broad SMARTS) is 1. The van der Waals surface area contributed by atoms with Crippen LogP contribution in [0.25, 0.3) is 0 Å². The lowest BCUT2D eigenvalue weighted by Gasteiger charge is -2.44. The van der Waals surface area contributed by atoms with Crippen LogP contribution in [0.1, 0.15) is 13.3 Å². The predicted molar refractivity (Wildman–Crippen MR) is 84.0 cm³/mol. The van der Waals surface area contributed by atoms with E-state index in [1.165, 1.54) is 6.92 Å². The van der Waals surface area contributed by atoms with Crippen LogP contribution in [0.15, 0.2) is 11.3 Å². The molecule has 12 heteroatoms. The van der Waals surface area contributed by atoms with Gasteiger partial charge >= 0.3 is 5.97 Å². The molecular formula is C13H20N4O7S. The van der Waals surface area contributed by atoms with E-state index in [-0.39, 0.29) is 17.7 Å². The van der Waals surface area contributed by atoms with Gasteiger partial charge in [0.25, 0.3) is 5.91 Å². The van der Waals surface area contributed by atoms with Crippen molar-refractivity contribution in [3.05, 3.63) is 11.3 Å². The average molecular weight is 376 g/mol. The third kappa shape index (κ3) is 3.51. The molecule has 0 radical (unpaired) electrons. The maximum Gasteiger partial charge on any atom is 0.352 e. The fraction of sp³-hybridized carbons (Fsp3) is 0.615. The van der Waals surface area contributed by atoms with E-state index in [0.29, 0.717) is 0 Å². The first-order valence-electron chi connectivity index (χ1n) is 7.43. The van der Waals surface area contributed by atoms with Gasteiger partial charge in [-0.25, -0.2) is 19.1 Å². The lowest BCUT2D eigenvalue weighted by Crippen LogP contribution is -2.61. The van der Waals surface area contributed by atoms with E-state index in [1.807, 2.05) is 0 Å². The number of nitrogens with zero attached hydrogens (tertiary/aromatic N) is 1. The number of nitrogens with two attached hydrogens (primary N) is 2. The quantitative estimate of drug-likeness (QED) is 0.131. The summed E-state index contributed by atoms with van der Waals surface area (Å²) >= 11 is 0. The van der Waals surface area contributed by atoms with Crippen molar-refractivity contribution in [1.82, 2.24) is 10.3 Å². The first-order valence-corrected chi connectivity index (χ1v) is 9.25. The van der Waals surface area contributed by atoms with Crippen molar-refractivity contribution in [2.24, 2.45) is 17.5 Å². The van der Waals surface area contributed by atoms with E-state index < -0.39 is 63.2 Å². The highest BCUT2D eigenvalue weighted by atomic mass is 32.2. The normalized spacial score (nSPS) is 25.3. The number of carbonyl (C=O) groups excluding carboxylic acids is 2. The Kier molecular flexibility index (Phi) is 5.18. The predicted octanol–water partition coefficient (Wildman–Crippen LogP) is -3.33. The van der Waals surface area contributed by atoms with Crippen LogP contribution in [0.2, 0.25) is 0 Å². The summed E-state index contributed by atoms with van der Waals surface area (Å²) in [7, 11) is -3.92. The van der Waals surface area contributed by atoms with Crippen molar-refractivity contribution in [2.75, 3.05) is 11.5 Å². The number of rotatable bonds is 7. The molecule has 0 aliphatic carbocycles. The van der Waals surface area contributed by atoms with E-state index in [9.17, 15) is 33.0 Å². The maximum absolute atomic E-state index is 12.2. The van der Waals surface area contributed by atoms with Crippen LogP contribution in [0, 0.1) is 5.92 Å². The van der Waals surface area contributed by atoms with Crippen LogP contribution in [0.3, 0.4) is 0 Å². The number of hydrazine groups is 1. The van der Waals surface area contributed by atoms with Crippen LogP contribution in [-0.2, 0) is 24.2 Å². The van der Waals surface area contributed by atoms with Gasteiger partial charge < -0.3 is 20.8 Å². The molecule has 0 aromatic heterocycles. The molecule has 2 heterocycles. The maximum atomic E-state index is 12.2. The molecule has 7 N–H and O–H groups in total. The van der Waals surface area contributed by atoms with Crippen molar-refractivity contribution in [1.29, 1.82) is 0 Å². The van der Waals surface area contributed by atoms with Gasteiger partial charge in [0.05, 0.1) is 35.6 Å². The van der Waals surface area contributed by atoms with E-state index in [2.05, 4.69) is 0 Å². The Morgan fingerprint density at radius 1 is 1.44 bits per heavy atom. The van der Waals surface area contributed by atoms with Crippen molar-refractivity contribution < 1.29 is 33.0 Å². The molecule has 2 amide bonds. The summed E-state index contributed by atoms with van der Waals surface area (Å²) in [6.07, 6.45) is -0.943. The lowest BCUT2D eigenvalue weighted by molar-refractivity contribution is -0.161. The third-order valence-corrected chi connectivity index (χ3v) is 5.98. The zero-order valence-corrected chi connectivity index (χ0v) is 14.2. The number of amides is 2. The molecule has 2 rings (SSSR count). The molecule has 2 aliphatic rings. The highest BCUT2D eigenvalue weighted by molar-refractivity contribution is 7.91. The van der Waals surface area contributed by atoms with Crippen LogP contribution in [0.4, 0.5) is 0 Å². The van der Waals surface area contributed by atoms with Gasteiger partial charge in [-0.05, 0) is 18.9 Å². The lowest BCUT2D eigenvalue weighted by atomic mass is 9.83. The molecule has 140 valence electrons. The third-order valence-electron chi connectivity index (χ3n) is 4.33. The molecule has 0 aromatic rings. The second kappa shape index (κ2) is 6.71. The summed E-state index contributed by atoms with van der Waals surface area (Å²) in [5.74, 6) is -0.0750. The van der Waals surface area contributed by atoms with E-state index >= 15 is 0 Å². The molecule has 2 aliphatic heterocycles. The monoisotopic (exact) mass is 376 g/mol. The summed E-state index contributed by atoms with van der Waals surface area (Å²) < 4.78 is 24.5. The molecular weight excluding hydrogens is 356 g/mol. The first-order chi connectivity index (χ1) is 11.5. The number of hydrogen-bond donors (Lipinski definition) is 5. The smallest absolute Gasteiger partial charge is 0.352 e. The molecule has 11 nitrogen and oxygen atoms in total. The molecule has 0 spiro atoms. The largest absolute Gasteiger partial charge is 0.477 e. The van der Waals surface area contributed by atoms with Crippen LogP contribution in [0.5, 0.6) is 0 Å². The number of carbonyl (C=O) groups is 3. The summed E-state index contributed by atoms with van der Waals surface area (Å²) in [6, 6.07) is -1.97. The number of sulfone groups is 1. The molecule has 1 fully saturated rings. The summed E-state index contributed by atoms with van der Waals surface area (Å²) in [5.41, 5.74) is 6.84. The van der Waals surface area contributed by atoms with Gasteiger partial charge in [0.1, 0.15) is 5.70 Å². The number of hydrogen-bond acceptors (Lipinski definition) is 8. The van der Waals surface area contributed by atoms with Crippen LogP contribution in [-0.4, -0.2) is 71.0 Å². The Bertz CT molecular complexity index is 745. The fourth-order valence-corrected chi connectivity index (χ4v) is 4.87. The molecule has 0 saturated carbocycles. The number of aliphatic hydroxyl groups excluding tert-OH is 1. The fourth-order valence-electron chi connectivity index (χ4n) is 3.27. The summed E-state index contributed by atoms with van der Waals surface area (Å²) in [5, 5.41) is 19.0. The highest BCUT2D eigenvalue weighted by Gasteiger charge is 2.56. The topological polar surface area (TPSA) is 193 Å². The van der Waals surface area contributed by atoms with Gasteiger partial charge in [0, 0.05) is 0 Å². The molecule has 0 bridgehead atoms. The molecule has 0 aromatic carbocycles. The Labute approximate surface area is 143 Å². The van der Waals surface area contributed by atoms with Gasteiger partial charge in [-0.2, -0.15) is 0 Å². The number of nitrogens with one attached hydrogen (secondary N) is 1. The van der Waals surface area contributed by atoms with Crippen molar-refractivity contribution in [3.8, 4) is 0 Å². The van der Waals surface area contributed by atoms with Crippen molar-refractivity contribution >= 4 is 27.6 Å². The summed E-state index contributed by atoms with van der Waals surface area (Å²) in [4.78, 5) is 35.8. The zero-order chi connectivity index (χ0) is 19.1. The van der Waals surface area contributed by atoms with E-state index in [0.717, 1.165) is 4.90 Å². The van der Waals surface area contributed by atoms with E-state index in [1.54, 1.807) is 5.43 Å². The number of fused-ring (bicyclic) bond motifs is 1. The van der Waals surface area contributed by atoms with Crippen LogP contribution >= 0.6 is 0 Å². The minimum atomic E-state index is -3.92. The highest BCUT2D eigenvalue weighted by Crippen LogP contribution is 2.43. The van der Waals surface area contributed by atoms with Gasteiger partial charge in [-0.3, -0.25) is 15.0 Å². The zero-order valence-electron chi connectivity index (χ0n) is 13.4. The minimum absolute atomic E-state index is 0.0283. The Morgan fingerprint density at radius 3 is 2.52 bits per heavy atom. The minimum Gasteiger partial charge on any atom is -0.477 e. The second-order valence-corrected chi connectivity index (χ2v) is 8.28. The van der Waals surface area contributed by atoms with Crippen molar-refractivity contribution in [3.63, 3.8) is 0 Å². The van der Waals surface area contributed by atoms with Crippen LogP contribution < -0.4 is 17.0 Å². The number of β-lactam (4-membered cyclic amide) rings is 1. The SMILES string of the molecule is CC(O)C1C(=O)N2C(C(=O)O)=C(CS(=O)(=O)CC(N)C(=O)NN)CC12. The summed E-state index contributed by atoms with van der Waals surface area (Å²) in [6.45, 7) is 1.42. The first kappa shape index (κ1) is 19.3.